The van der Waals surface area contributed by atoms with Crippen LogP contribution in [0, 0.1) is 0 Å². The van der Waals surface area contributed by atoms with Gasteiger partial charge in [0.25, 0.3) is 0 Å². The van der Waals surface area contributed by atoms with Crippen molar-refractivity contribution in [2.75, 3.05) is 4.81 Å². The van der Waals surface area contributed by atoms with Crippen LogP contribution in [0.5, 0.6) is 0 Å². The van der Waals surface area contributed by atoms with Crippen LogP contribution in [0.15, 0.2) is 142 Å². The molecule has 4 aromatic heterocycles. The number of aromatic nitrogens is 1. The highest BCUT2D eigenvalue weighted by Crippen LogP contribution is 2.55. The van der Waals surface area contributed by atoms with Crippen LogP contribution >= 0.6 is 11.3 Å². The number of fused-ring (bicyclic) bond motifs is 20. The lowest BCUT2D eigenvalue weighted by Crippen LogP contribution is -2.60. The van der Waals surface area contributed by atoms with E-state index in [2.05, 4.69) is 191 Å². The molecule has 0 saturated heterocycles. The topological polar surface area (TPSA) is 34.5 Å². The third-order valence-electron chi connectivity index (χ3n) is 16.2. The number of benzene rings is 8. The standard InChI is InChI=1S/C60H47BN2O2S/c1-58(2,3)32-20-22-33(23-21-32)63-45-28-38-35-15-10-13-19-50(35)66-51(38)29-40(45)54-55-56-52(53-36-16-9-12-18-48(36)65-57(53)54)39-26-41-42(60(6,7)25-24-59(41,4)5)30-44(39)62(56)46-31-49-37(27-43(46)61(55)63)34-14-8-11-17-47(34)64-49/h8-23,26-31H,24-25H2,1-7H3. The van der Waals surface area contributed by atoms with Crippen molar-refractivity contribution in [1.29, 1.82) is 0 Å². The van der Waals surface area contributed by atoms with E-state index in [1.54, 1.807) is 0 Å². The lowest BCUT2D eigenvalue weighted by molar-refractivity contribution is 0.332. The van der Waals surface area contributed by atoms with Gasteiger partial charge in [-0.3, -0.25) is 0 Å². The quantitative estimate of drug-likeness (QED) is 0.154. The molecule has 0 bridgehead atoms. The maximum absolute atomic E-state index is 7.36. The van der Waals surface area contributed by atoms with Crippen LogP contribution in [0.1, 0.15) is 78.0 Å². The summed E-state index contributed by atoms with van der Waals surface area (Å²) in [6.07, 6.45) is 2.30. The van der Waals surface area contributed by atoms with Gasteiger partial charge in [-0.2, -0.15) is 0 Å². The first kappa shape index (κ1) is 37.5. The Morgan fingerprint density at radius 1 is 0.576 bits per heavy atom. The Labute approximate surface area is 387 Å². The predicted molar refractivity (Wildman–Crippen MR) is 281 cm³/mol. The van der Waals surface area contributed by atoms with E-state index in [0.29, 0.717) is 0 Å². The van der Waals surface area contributed by atoms with Gasteiger partial charge in [0.2, 0.25) is 0 Å². The zero-order chi connectivity index (χ0) is 44.3. The first-order valence-electron chi connectivity index (χ1n) is 23.7. The van der Waals surface area contributed by atoms with Crippen LogP contribution in [0.4, 0.5) is 11.4 Å². The molecule has 0 fully saturated rings. The summed E-state index contributed by atoms with van der Waals surface area (Å²) in [5, 5.41) is 9.79. The number of hydrogen-bond acceptors (Lipinski definition) is 4. The largest absolute Gasteiger partial charge is 0.456 e. The van der Waals surface area contributed by atoms with Gasteiger partial charge < -0.3 is 18.2 Å². The fourth-order valence-corrected chi connectivity index (χ4v) is 13.8. The van der Waals surface area contributed by atoms with Crippen molar-refractivity contribution in [3.63, 3.8) is 0 Å². The summed E-state index contributed by atoms with van der Waals surface area (Å²) in [5.41, 5.74) is 19.1. The van der Waals surface area contributed by atoms with Crippen molar-refractivity contribution in [2.45, 2.75) is 77.6 Å². The molecule has 0 N–H and O–H groups in total. The van der Waals surface area contributed by atoms with E-state index in [9.17, 15) is 0 Å². The van der Waals surface area contributed by atoms with Crippen molar-refractivity contribution in [2.24, 2.45) is 0 Å². The Morgan fingerprint density at radius 2 is 1.26 bits per heavy atom. The van der Waals surface area contributed by atoms with E-state index >= 15 is 0 Å². The second-order valence-corrected chi connectivity index (χ2v) is 23.0. The summed E-state index contributed by atoms with van der Waals surface area (Å²) in [6.45, 7) is 16.5. The Hall–Kier alpha value is -6.76. The van der Waals surface area contributed by atoms with Gasteiger partial charge in [-0.25, -0.2) is 0 Å². The zero-order valence-electron chi connectivity index (χ0n) is 38.3. The fraction of sp³-hybridized carbons (Fsp3) is 0.200. The molecule has 6 heteroatoms. The van der Waals surface area contributed by atoms with Gasteiger partial charge in [0.1, 0.15) is 22.3 Å². The number of furan rings is 2. The Morgan fingerprint density at radius 3 is 2.02 bits per heavy atom. The molecular formula is C60H47BN2O2S. The summed E-state index contributed by atoms with van der Waals surface area (Å²) in [6, 6.07) is 50.6. The molecule has 15 rings (SSSR count). The molecule has 0 saturated carbocycles. The molecular weight excluding hydrogens is 824 g/mol. The molecule has 3 aliphatic rings. The van der Waals surface area contributed by atoms with Crippen molar-refractivity contribution in [1.82, 2.24) is 4.57 Å². The highest BCUT2D eigenvalue weighted by atomic mass is 32.1. The number of anilines is 2. The summed E-state index contributed by atoms with van der Waals surface area (Å²) < 4.78 is 19.4. The van der Waals surface area contributed by atoms with Gasteiger partial charge in [-0.05, 0) is 111 Å². The van der Waals surface area contributed by atoms with Gasteiger partial charge in [0.15, 0.2) is 0 Å². The minimum Gasteiger partial charge on any atom is -0.456 e. The van der Waals surface area contributed by atoms with Crippen LogP contribution in [-0.4, -0.2) is 11.4 Å². The number of nitrogens with zero attached hydrogens (tertiary/aromatic N) is 2. The second-order valence-electron chi connectivity index (χ2n) is 21.9. The van der Waals surface area contributed by atoms with Crippen molar-refractivity contribution < 1.29 is 8.83 Å². The number of rotatable bonds is 1. The van der Waals surface area contributed by atoms with Gasteiger partial charge in [-0.1, -0.05) is 121 Å². The van der Waals surface area contributed by atoms with E-state index in [4.69, 9.17) is 8.83 Å². The highest BCUT2D eigenvalue weighted by Gasteiger charge is 2.47. The molecule has 4 nitrogen and oxygen atoms in total. The first-order valence-corrected chi connectivity index (χ1v) is 24.5. The fourth-order valence-electron chi connectivity index (χ4n) is 12.7. The van der Waals surface area contributed by atoms with Crippen LogP contribution in [0.2, 0.25) is 0 Å². The summed E-state index contributed by atoms with van der Waals surface area (Å²) in [4.78, 5) is 2.68. The highest BCUT2D eigenvalue weighted by molar-refractivity contribution is 7.25. The van der Waals surface area contributed by atoms with E-state index in [0.717, 1.165) is 51.3 Å². The maximum Gasteiger partial charge on any atom is 0.333 e. The van der Waals surface area contributed by atoms with Crippen LogP contribution in [0.3, 0.4) is 0 Å². The molecule has 0 amide bonds. The average Bonchev–Trinajstić information content (AvgIpc) is 4.07. The lowest BCUT2D eigenvalue weighted by atomic mass is 9.43. The van der Waals surface area contributed by atoms with Gasteiger partial charge in [-0.15, -0.1) is 11.3 Å². The van der Waals surface area contributed by atoms with Crippen LogP contribution < -0.4 is 15.7 Å². The molecule has 8 aromatic carbocycles. The Balaban J connectivity index is 1.20. The number of hydrogen-bond donors (Lipinski definition) is 0. The van der Waals surface area contributed by atoms with Crippen LogP contribution in [-0.2, 0) is 16.2 Å². The molecule has 0 atom stereocenters. The Kier molecular flexibility index (Phi) is 6.91. The third-order valence-corrected chi connectivity index (χ3v) is 17.3. The number of thiophene rings is 1. The molecule has 0 unspecified atom stereocenters. The van der Waals surface area contributed by atoms with Gasteiger partial charge in [0.05, 0.1) is 11.0 Å². The van der Waals surface area contributed by atoms with Crippen molar-refractivity contribution in [3.8, 4) is 16.8 Å². The minimum atomic E-state index is -0.192. The molecule has 0 radical (unpaired) electrons. The van der Waals surface area contributed by atoms with Gasteiger partial charge >= 0.3 is 6.85 Å². The summed E-state index contributed by atoms with van der Waals surface area (Å²) in [7, 11) is 0. The van der Waals surface area contributed by atoms with Gasteiger partial charge in [0, 0.05) is 86.7 Å². The molecule has 1 aliphatic carbocycles. The SMILES string of the molecule is CC(C)(C)c1ccc(N2B3c4cc5c(cc4-n4c6cc7c(cc6c6c8c(oc9ccccc98)c(c3c64)-c3cc4sc6ccccc6c4cc32)C(C)(C)CCC7(C)C)oc2ccccc25)cc1. The van der Waals surface area contributed by atoms with Crippen LogP contribution in [0.25, 0.3) is 103 Å². The van der Waals surface area contributed by atoms with E-state index in [1.807, 2.05) is 11.3 Å². The predicted octanol–water partition coefficient (Wildman–Crippen LogP) is 15.8. The molecule has 66 heavy (non-hydrogen) atoms. The summed E-state index contributed by atoms with van der Waals surface area (Å²) in [5.74, 6) is 0. The molecule has 12 aromatic rings. The Bertz CT molecular complexity index is 4170. The molecule has 0 spiro atoms. The van der Waals surface area contributed by atoms with E-state index in [-0.39, 0.29) is 23.1 Å². The zero-order valence-corrected chi connectivity index (χ0v) is 39.1. The number of para-hydroxylation sites is 2. The first-order chi connectivity index (χ1) is 31.8. The third kappa shape index (κ3) is 4.65. The maximum atomic E-state index is 7.36. The smallest absolute Gasteiger partial charge is 0.333 e. The minimum absolute atomic E-state index is 0.0143. The van der Waals surface area contributed by atoms with Crippen molar-refractivity contribution in [3.05, 3.63) is 150 Å². The second kappa shape index (κ2) is 12.2. The van der Waals surface area contributed by atoms with Crippen molar-refractivity contribution >= 4 is 126 Å². The lowest BCUT2D eigenvalue weighted by Gasteiger charge is -2.42. The average molecular weight is 871 g/mol. The summed E-state index contributed by atoms with van der Waals surface area (Å²) >= 11 is 1.89. The molecule has 6 heterocycles. The van der Waals surface area contributed by atoms with E-state index in [1.165, 1.54) is 103 Å². The molecule has 318 valence electrons. The monoisotopic (exact) mass is 870 g/mol. The molecule has 2 aliphatic heterocycles. The van der Waals surface area contributed by atoms with E-state index < -0.39 is 0 Å². The normalized spacial score (nSPS) is 16.2.